The number of halogens is 4. The lowest BCUT2D eigenvalue weighted by atomic mass is 10.2. The van der Waals surface area contributed by atoms with Crippen molar-refractivity contribution in [3.8, 4) is 5.69 Å². The van der Waals surface area contributed by atoms with Gasteiger partial charge in [0.15, 0.2) is 0 Å². The van der Waals surface area contributed by atoms with Gasteiger partial charge in [0.25, 0.3) is 11.5 Å². The van der Waals surface area contributed by atoms with Gasteiger partial charge in [-0.25, -0.2) is 9.18 Å². The van der Waals surface area contributed by atoms with Crippen molar-refractivity contribution in [3.05, 3.63) is 116 Å². The van der Waals surface area contributed by atoms with E-state index in [1.807, 2.05) is 0 Å². The molecule has 2 aromatic carbocycles. The van der Waals surface area contributed by atoms with E-state index >= 15 is 0 Å². The Morgan fingerprint density at radius 1 is 1.03 bits per heavy atom. The van der Waals surface area contributed by atoms with E-state index in [2.05, 4.69) is 10.4 Å². The molecule has 12 heteroatoms. The topological polar surface area (TPSA) is 99.1 Å². The molecule has 0 spiro atoms. The van der Waals surface area contributed by atoms with Crippen molar-refractivity contribution in [1.82, 2.24) is 19.7 Å². The number of rotatable bonds is 6. The fourth-order valence-corrected chi connectivity index (χ4v) is 3.22. The van der Waals surface area contributed by atoms with Crippen molar-refractivity contribution in [2.75, 3.05) is 0 Å². The van der Waals surface area contributed by atoms with Gasteiger partial charge >= 0.3 is 11.9 Å². The molecule has 0 fully saturated rings. The summed E-state index contributed by atoms with van der Waals surface area (Å²) in [6.45, 7) is -0.481. The number of aromatic nitrogens is 3. The van der Waals surface area contributed by atoms with Crippen LogP contribution in [0.1, 0.15) is 27.4 Å². The van der Waals surface area contributed by atoms with Gasteiger partial charge < -0.3 is 9.73 Å². The van der Waals surface area contributed by atoms with Gasteiger partial charge in [0.2, 0.25) is 5.69 Å². The van der Waals surface area contributed by atoms with Crippen LogP contribution in [0, 0.1) is 5.82 Å². The zero-order valence-electron chi connectivity index (χ0n) is 17.8. The molecule has 180 valence electrons. The Balaban J connectivity index is 1.83. The highest BCUT2D eigenvalue weighted by Crippen LogP contribution is 2.29. The number of benzene rings is 2. The van der Waals surface area contributed by atoms with Crippen LogP contribution in [0.4, 0.5) is 17.6 Å². The van der Waals surface area contributed by atoms with Gasteiger partial charge in [-0.15, -0.1) is 0 Å². The highest BCUT2D eigenvalue weighted by molar-refractivity contribution is 5.91. The van der Waals surface area contributed by atoms with Crippen LogP contribution in [-0.2, 0) is 19.3 Å². The van der Waals surface area contributed by atoms with Gasteiger partial charge in [-0.2, -0.15) is 23.0 Å². The molecule has 0 atom stereocenters. The van der Waals surface area contributed by atoms with Gasteiger partial charge in [0.05, 0.1) is 30.6 Å². The Bertz CT molecular complexity index is 1470. The number of hydrogen-bond donors (Lipinski definition) is 1. The van der Waals surface area contributed by atoms with E-state index in [1.54, 1.807) is 12.1 Å². The zero-order chi connectivity index (χ0) is 25.2. The van der Waals surface area contributed by atoms with Gasteiger partial charge in [0, 0.05) is 0 Å². The summed E-state index contributed by atoms with van der Waals surface area (Å²) in [5.74, 6) is -1.15. The SMILES string of the molecule is O=C(NCc1ccco1)c1nn(-c2cccc(C(F)(F)F)c2)c(=O)n(Cc2ccc(F)cc2)c1=O. The third-order valence-electron chi connectivity index (χ3n) is 4.95. The number of hydrogen-bond acceptors (Lipinski definition) is 5. The van der Waals surface area contributed by atoms with E-state index in [1.165, 1.54) is 24.5 Å². The molecule has 0 saturated heterocycles. The van der Waals surface area contributed by atoms with Gasteiger partial charge in [-0.3, -0.25) is 14.2 Å². The lowest BCUT2D eigenvalue weighted by Gasteiger charge is -2.13. The lowest BCUT2D eigenvalue weighted by molar-refractivity contribution is -0.137. The number of carbonyl (C=O) groups excluding carboxylic acids is 1. The third kappa shape index (κ3) is 5.21. The molecule has 8 nitrogen and oxygen atoms in total. The fourth-order valence-electron chi connectivity index (χ4n) is 3.22. The molecule has 0 unspecified atom stereocenters. The summed E-state index contributed by atoms with van der Waals surface area (Å²) >= 11 is 0. The van der Waals surface area contributed by atoms with Crippen LogP contribution < -0.4 is 16.6 Å². The normalized spacial score (nSPS) is 11.4. The van der Waals surface area contributed by atoms with Crippen LogP contribution in [0.25, 0.3) is 5.69 Å². The minimum Gasteiger partial charge on any atom is -0.467 e. The second kappa shape index (κ2) is 9.41. The number of nitrogens with one attached hydrogen (secondary N) is 1. The van der Waals surface area contributed by atoms with E-state index in [0.29, 0.717) is 26.6 Å². The maximum Gasteiger partial charge on any atom is 0.416 e. The Morgan fingerprint density at radius 3 is 2.43 bits per heavy atom. The lowest BCUT2D eigenvalue weighted by Crippen LogP contribution is -2.46. The van der Waals surface area contributed by atoms with Crippen molar-refractivity contribution in [2.45, 2.75) is 19.3 Å². The van der Waals surface area contributed by atoms with Gasteiger partial charge in [-0.1, -0.05) is 18.2 Å². The molecule has 35 heavy (non-hydrogen) atoms. The van der Waals surface area contributed by atoms with Crippen molar-refractivity contribution >= 4 is 5.91 Å². The molecule has 2 heterocycles. The summed E-state index contributed by atoms with van der Waals surface area (Å²) in [6, 6.07) is 11.8. The Kier molecular flexibility index (Phi) is 6.36. The Morgan fingerprint density at radius 2 is 1.77 bits per heavy atom. The third-order valence-corrected chi connectivity index (χ3v) is 4.95. The molecule has 4 rings (SSSR count). The fraction of sp³-hybridized carbons (Fsp3) is 0.130. The smallest absolute Gasteiger partial charge is 0.416 e. The predicted octanol–water partition coefficient (Wildman–Crippen LogP) is 3.12. The zero-order valence-corrected chi connectivity index (χ0v) is 17.8. The molecular formula is C23H16F4N4O4. The Hall–Kier alpha value is -4.48. The summed E-state index contributed by atoms with van der Waals surface area (Å²) in [5, 5.41) is 6.20. The number of amides is 1. The van der Waals surface area contributed by atoms with E-state index in [9.17, 15) is 31.9 Å². The standard InChI is InChI=1S/C23H16F4N4O4/c24-16-8-6-14(7-9-16)13-30-21(33)19(20(32)28-12-18-5-2-10-35-18)29-31(22(30)34)17-4-1-3-15(11-17)23(25,26)27/h1-11H,12-13H2,(H,28,32). The molecule has 0 aliphatic carbocycles. The first kappa shape index (κ1) is 23.7. The van der Waals surface area contributed by atoms with Crippen LogP contribution in [-0.4, -0.2) is 20.3 Å². The monoisotopic (exact) mass is 488 g/mol. The highest BCUT2D eigenvalue weighted by Gasteiger charge is 2.31. The van der Waals surface area contributed by atoms with Crippen LogP contribution >= 0.6 is 0 Å². The summed E-state index contributed by atoms with van der Waals surface area (Å²) < 4.78 is 59.2. The van der Waals surface area contributed by atoms with E-state index in [-0.39, 0.29) is 18.8 Å². The molecule has 0 saturated carbocycles. The molecule has 1 N–H and O–H groups in total. The average Bonchev–Trinajstić information content (AvgIpc) is 3.35. The second-order valence-corrected chi connectivity index (χ2v) is 7.37. The minimum atomic E-state index is -4.70. The van der Waals surface area contributed by atoms with E-state index in [0.717, 1.165) is 24.3 Å². The van der Waals surface area contributed by atoms with Crippen LogP contribution in [0.15, 0.2) is 80.9 Å². The van der Waals surface area contributed by atoms with Crippen molar-refractivity contribution < 1.29 is 26.8 Å². The number of nitrogens with zero attached hydrogens (tertiary/aromatic N) is 3. The first-order valence-corrected chi connectivity index (χ1v) is 10.1. The summed E-state index contributed by atoms with van der Waals surface area (Å²) in [6.07, 6.45) is -3.32. The van der Waals surface area contributed by atoms with Crippen molar-refractivity contribution in [3.63, 3.8) is 0 Å². The predicted molar refractivity (Wildman–Crippen MR) is 114 cm³/mol. The van der Waals surface area contributed by atoms with Crippen molar-refractivity contribution in [2.24, 2.45) is 0 Å². The molecule has 2 aromatic heterocycles. The van der Waals surface area contributed by atoms with Gasteiger partial charge in [-0.05, 0) is 48.0 Å². The number of alkyl halides is 3. The average molecular weight is 488 g/mol. The molecule has 0 aliphatic rings. The molecule has 4 aromatic rings. The molecular weight excluding hydrogens is 472 g/mol. The molecule has 0 radical (unpaired) electrons. The Labute approximate surface area is 194 Å². The van der Waals surface area contributed by atoms with Crippen LogP contribution in [0.2, 0.25) is 0 Å². The first-order valence-electron chi connectivity index (χ1n) is 10.1. The van der Waals surface area contributed by atoms with Gasteiger partial charge in [0.1, 0.15) is 11.6 Å². The number of carbonyl (C=O) groups is 1. The minimum absolute atomic E-state index is 0.104. The van der Waals surface area contributed by atoms with E-state index in [4.69, 9.17) is 4.42 Å². The molecule has 0 aliphatic heterocycles. The number of furan rings is 1. The van der Waals surface area contributed by atoms with E-state index < -0.39 is 40.4 Å². The summed E-state index contributed by atoms with van der Waals surface area (Å²) in [7, 11) is 0. The first-order chi connectivity index (χ1) is 16.6. The summed E-state index contributed by atoms with van der Waals surface area (Å²) in [5.41, 5.74) is -3.90. The second-order valence-electron chi connectivity index (χ2n) is 7.37. The quantitative estimate of drug-likeness (QED) is 0.421. The summed E-state index contributed by atoms with van der Waals surface area (Å²) in [4.78, 5) is 38.9. The molecule has 1 amide bonds. The highest BCUT2D eigenvalue weighted by atomic mass is 19.4. The van der Waals surface area contributed by atoms with Crippen LogP contribution in [0.3, 0.4) is 0 Å². The largest absolute Gasteiger partial charge is 0.467 e. The van der Waals surface area contributed by atoms with Crippen molar-refractivity contribution in [1.29, 1.82) is 0 Å². The maximum absolute atomic E-state index is 13.3. The maximum atomic E-state index is 13.3. The molecule has 0 bridgehead atoms. The van der Waals surface area contributed by atoms with Crippen LogP contribution in [0.5, 0.6) is 0 Å².